The van der Waals surface area contributed by atoms with Crippen molar-refractivity contribution >= 4 is 27.3 Å². The molecule has 1 atom stereocenters. The van der Waals surface area contributed by atoms with Crippen LogP contribution in [-0.2, 0) is 0 Å². The Hall–Kier alpha value is -0.120. The third-order valence-corrected chi connectivity index (χ3v) is 3.46. The van der Waals surface area contributed by atoms with Crippen molar-refractivity contribution in [3.63, 3.8) is 0 Å². The molecule has 0 fully saturated rings. The van der Waals surface area contributed by atoms with Gasteiger partial charge < -0.3 is 5.73 Å². The molecule has 1 nitrogen and oxygen atoms in total. The van der Waals surface area contributed by atoms with E-state index in [1.54, 1.807) is 11.3 Å². The van der Waals surface area contributed by atoms with Gasteiger partial charge in [-0.2, -0.15) is 0 Å². The Morgan fingerprint density at radius 2 is 2.50 bits per heavy atom. The van der Waals surface area contributed by atoms with Gasteiger partial charge in [-0.25, -0.2) is 0 Å². The summed E-state index contributed by atoms with van der Waals surface area (Å²) in [6.45, 7) is 3.67. The number of thiophene rings is 1. The normalized spacial score (nSPS) is 12.8. The first-order valence-electron chi connectivity index (χ1n) is 3.84. The van der Waals surface area contributed by atoms with Crippen molar-refractivity contribution in [3.05, 3.63) is 33.5 Å². The lowest BCUT2D eigenvalue weighted by molar-refractivity contribution is 0.672. The molecule has 0 spiro atoms. The smallest absolute Gasteiger partial charge is 0.0393 e. The minimum absolute atomic E-state index is 0.166. The van der Waals surface area contributed by atoms with E-state index in [0.29, 0.717) is 0 Å². The minimum Gasteiger partial charge on any atom is -0.323 e. The summed E-state index contributed by atoms with van der Waals surface area (Å²) in [6, 6.07) is 2.25. The largest absolute Gasteiger partial charge is 0.323 e. The van der Waals surface area contributed by atoms with E-state index in [-0.39, 0.29) is 6.04 Å². The van der Waals surface area contributed by atoms with Crippen molar-refractivity contribution in [1.29, 1.82) is 0 Å². The highest BCUT2D eigenvalue weighted by atomic mass is 79.9. The Balaban J connectivity index is 2.52. The van der Waals surface area contributed by atoms with Crippen LogP contribution in [0.4, 0.5) is 0 Å². The summed E-state index contributed by atoms with van der Waals surface area (Å²) in [5, 5.41) is 2.06. The third-order valence-electron chi connectivity index (χ3n) is 1.63. The fourth-order valence-corrected chi connectivity index (χ4v) is 2.45. The van der Waals surface area contributed by atoms with Gasteiger partial charge in [0.25, 0.3) is 0 Å². The van der Waals surface area contributed by atoms with Crippen molar-refractivity contribution in [2.45, 2.75) is 18.9 Å². The van der Waals surface area contributed by atoms with Gasteiger partial charge in [-0.3, -0.25) is 0 Å². The first kappa shape index (κ1) is 9.96. The summed E-state index contributed by atoms with van der Waals surface area (Å²) < 4.78 is 1.12. The predicted octanol–water partition coefficient (Wildman–Crippen LogP) is 3.48. The number of hydrogen-bond acceptors (Lipinski definition) is 2. The molecule has 0 bridgehead atoms. The highest BCUT2D eigenvalue weighted by molar-refractivity contribution is 9.10. The van der Waals surface area contributed by atoms with Crippen LogP contribution in [0.5, 0.6) is 0 Å². The van der Waals surface area contributed by atoms with E-state index in [2.05, 4.69) is 34.0 Å². The van der Waals surface area contributed by atoms with Gasteiger partial charge in [0.15, 0.2) is 0 Å². The molecule has 1 aromatic rings. The first-order chi connectivity index (χ1) is 5.74. The molecular weight excluding hydrogens is 234 g/mol. The standard InChI is InChI=1S/C9H12BrNS/c1-2-3-4-8(11)9-5-7(10)6-12-9/h2,5-6,8H,1,3-4,11H2. The van der Waals surface area contributed by atoms with E-state index in [4.69, 9.17) is 5.73 Å². The number of allylic oxidation sites excluding steroid dienone is 1. The van der Waals surface area contributed by atoms with Crippen molar-refractivity contribution in [1.82, 2.24) is 0 Å². The Kier molecular flexibility index (Phi) is 3.98. The Bertz CT molecular complexity index is 257. The molecule has 3 heteroatoms. The van der Waals surface area contributed by atoms with E-state index in [0.717, 1.165) is 17.3 Å². The molecule has 0 saturated heterocycles. The van der Waals surface area contributed by atoms with Gasteiger partial charge in [0, 0.05) is 20.8 Å². The van der Waals surface area contributed by atoms with Crippen LogP contribution < -0.4 is 5.73 Å². The van der Waals surface area contributed by atoms with Gasteiger partial charge in [0.2, 0.25) is 0 Å². The summed E-state index contributed by atoms with van der Waals surface area (Å²) in [7, 11) is 0. The van der Waals surface area contributed by atoms with Crippen LogP contribution in [0.1, 0.15) is 23.8 Å². The topological polar surface area (TPSA) is 26.0 Å². The number of rotatable bonds is 4. The lowest BCUT2D eigenvalue weighted by Gasteiger charge is -2.06. The fourth-order valence-electron chi connectivity index (χ4n) is 0.962. The summed E-state index contributed by atoms with van der Waals surface area (Å²) in [6.07, 6.45) is 3.87. The number of halogens is 1. The predicted molar refractivity (Wildman–Crippen MR) is 58.4 cm³/mol. The van der Waals surface area contributed by atoms with Crippen LogP contribution >= 0.6 is 27.3 Å². The van der Waals surface area contributed by atoms with E-state index in [1.807, 2.05) is 6.08 Å². The molecule has 0 amide bonds. The van der Waals surface area contributed by atoms with Crippen LogP contribution in [0.3, 0.4) is 0 Å². The van der Waals surface area contributed by atoms with Gasteiger partial charge in [-0.15, -0.1) is 17.9 Å². The van der Waals surface area contributed by atoms with Crippen LogP contribution in [0.25, 0.3) is 0 Å². The van der Waals surface area contributed by atoms with Gasteiger partial charge in [0.05, 0.1) is 0 Å². The average molecular weight is 246 g/mol. The van der Waals surface area contributed by atoms with Gasteiger partial charge in [0.1, 0.15) is 0 Å². The van der Waals surface area contributed by atoms with E-state index >= 15 is 0 Å². The molecular formula is C9H12BrNS. The minimum atomic E-state index is 0.166. The van der Waals surface area contributed by atoms with Gasteiger partial charge in [-0.1, -0.05) is 6.08 Å². The number of nitrogens with two attached hydrogens (primary N) is 1. The SMILES string of the molecule is C=CCCC(N)c1cc(Br)cs1. The van der Waals surface area contributed by atoms with Crippen LogP contribution in [0.2, 0.25) is 0 Å². The van der Waals surface area contributed by atoms with Crippen LogP contribution in [0.15, 0.2) is 28.6 Å². The summed E-state index contributed by atoms with van der Waals surface area (Å²) in [5.74, 6) is 0. The first-order valence-corrected chi connectivity index (χ1v) is 5.51. The molecule has 0 aliphatic carbocycles. The van der Waals surface area contributed by atoms with Gasteiger partial charge in [-0.05, 0) is 34.8 Å². The Morgan fingerprint density at radius 1 is 1.75 bits per heavy atom. The molecule has 1 rings (SSSR count). The van der Waals surface area contributed by atoms with E-state index in [9.17, 15) is 0 Å². The highest BCUT2D eigenvalue weighted by Crippen LogP contribution is 2.26. The summed E-state index contributed by atoms with van der Waals surface area (Å²) in [5.41, 5.74) is 5.94. The highest BCUT2D eigenvalue weighted by Gasteiger charge is 2.06. The monoisotopic (exact) mass is 245 g/mol. The zero-order valence-corrected chi connectivity index (χ0v) is 9.20. The third kappa shape index (κ3) is 2.73. The second-order valence-electron chi connectivity index (χ2n) is 2.64. The molecule has 0 aliphatic heterocycles. The van der Waals surface area contributed by atoms with Crippen molar-refractivity contribution in [3.8, 4) is 0 Å². The second kappa shape index (κ2) is 4.80. The molecule has 66 valence electrons. The summed E-state index contributed by atoms with van der Waals surface area (Å²) in [4.78, 5) is 1.24. The maximum atomic E-state index is 5.94. The Labute approximate surface area is 85.4 Å². The second-order valence-corrected chi connectivity index (χ2v) is 4.50. The molecule has 1 aromatic heterocycles. The van der Waals surface area contributed by atoms with Crippen molar-refractivity contribution in [2.24, 2.45) is 5.73 Å². The zero-order chi connectivity index (χ0) is 8.97. The van der Waals surface area contributed by atoms with Crippen LogP contribution in [-0.4, -0.2) is 0 Å². The molecule has 1 unspecified atom stereocenters. The molecule has 2 N–H and O–H groups in total. The van der Waals surface area contributed by atoms with Crippen LogP contribution in [0, 0.1) is 0 Å². The molecule has 0 aromatic carbocycles. The lowest BCUT2D eigenvalue weighted by atomic mass is 10.1. The zero-order valence-electron chi connectivity index (χ0n) is 6.79. The maximum absolute atomic E-state index is 5.94. The summed E-state index contributed by atoms with van der Waals surface area (Å²) >= 11 is 5.11. The molecule has 12 heavy (non-hydrogen) atoms. The molecule has 1 heterocycles. The maximum Gasteiger partial charge on any atom is 0.0393 e. The lowest BCUT2D eigenvalue weighted by Crippen LogP contribution is -2.07. The molecule has 0 radical (unpaired) electrons. The molecule has 0 saturated carbocycles. The van der Waals surface area contributed by atoms with Crippen molar-refractivity contribution < 1.29 is 0 Å². The van der Waals surface area contributed by atoms with Gasteiger partial charge >= 0.3 is 0 Å². The number of hydrogen-bond donors (Lipinski definition) is 1. The van der Waals surface area contributed by atoms with Crippen molar-refractivity contribution in [2.75, 3.05) is 0 Å². The quantitative estimate of drug-likeness (QED) is 0.809. The fraction of sp³-hybridized carbons (Fsp3) is 0.333. The molecule has 0 aliphatic rings. The van der Waals surface area contributed by atoms with E-state index < -0.39 is 0 Å². The Morgan fingerprint density at radius 3 is 3.00 bits per heavy atom. The van der Waals surface area contributed by atoms with E-state index in [1.165, 1.54) is 4.88 Å². The average Bonchev–Trinajstić information content (AvgIpc) is 2.47.